The molecule has 0 fully saturated rings. The maximum Gasteiger partial charge on any atom is 0.416 e. The molecule has 3 aromatic rings. The Morgan fingerprint density at radius 2 is 1.89 bits per heavy atom. The first-order valence-corrected chi connectivity index (χ1v) is 11.1. The fraction of sp³-hybridized carbons (Fsp3) is 0.167. The molecule has 2 N–H and O–H groups in total. The van der Waals surface area contributed by atoms with Crippen LogP contribution in [0.5, 0.6) is 0 Å². The highest BCUT2D eigenvalue weighted by Crippen LogP contribution is 2.38. The smallest absolute Gasteiger partial charge is 0.416 e. The Balaban J connectivity index is 1.89. The normalized spacial score (nSPS) is 15.1. The summed E-state index contributed by atoms with van der Waals surface area (Å²) in [5, 5.41) is 4.75. The Morgan fingerprint density at radius 1 is 1.18 bits per heavy atom. The van der Waals surface area contributed by atoms with Crippen LogP contribution in [0.25, 0.3) is 5.70 Å². The van der Waals surface area contributed by atoms with Crippen LogP contribution in [-0.2, 0) is 15.7 Å². The molecule has 8 nitrogen and oxygen atoms in total. The lowest BCUT2D eigenvalue weighted by Crippen LogP contribution is -2.39. The van der Waals surface area contributed by atoms with Crippen molar-refractivity contribution in [3.8, 4) is 0 Å². The topological polar surface area (TPSA) is 102 Å². The van der Waals surface area contributed by atoms with Gasteiger partial charge in [0.15, 0.2) is 5.82 Å². The number of carbonyl (C=O) groups is 3. The lowest BCUT2D eigenvalue weighted by atomic mass is 10.00. The predicted octanol–water partition coefficient (Wildman–Crippen LogP) is 4.95. The van der Waals surface area contributed by atoms with Gasteiger partial charge < -0.3 is 15.4 Å². The molecule has 0 unspecified atom stereocenters. The standard InChI is InChI=1S/C24H16ClF5N4O4/c1-3-38-23(37)20-32-19(33-22(36)11-6-12(24(28,29)30)8-14(27)7-11)18-17(31-21(35)10(2)34(18)20)15-9-13(26)4-5-16(15)25/h4-9,17H,2-3H2,1H3,(H,31,35)(H,33,36)/t17-/m0/s1. The molecule has 2 amide bonds. The van der Waals surface area contributed by atoms with E-state index in [1.165, 1.54) is 13.0 Å². The van der Waals surface area contributed by atoms with E-state index in [1.54, 1.807) is 0 Å². The number of nitrogens with zero attached hydrogens (tertiary/aromatic N) is 2. The summed E-state index contributed by atoms with van der Waals surface area (Å²) in [6.07, 6.45) is -4.94. The third-order valence-electron chi connectivity index (χ3n) is 5.44. The average Bonchev–Trinajstić information content (AvgIpc) is 3.21. The van der Waals surface area contributed by atoms with Crippen molar-refractivity contribution in [1.82, 2.24) is 14.9 Å². The molecule has 1 aliphatic heterocycles. The number of halogens is 6. The summed E-state index contributed by atoms with van der Waals surface area (Å²) in [4.78, 5) is 42.3. The fourth-order valence-corrected chi connectivity index (χ4v) is 4.03. The monoisotopic (exact) mass is 554 g/mol. The van der Waals surface area contributed by atoms with Gasteiger partial charge in [-0.2, -0.15) is 13.2 Å². The van der Waals surface area contributed by atoms with E-state index in [4.69, 9.17) is 16.3 Å². The van der Waals surface area contributed by atoms with E-state index in [1.807, 2.05) is 0 Å². The van der Waals surface area contributed by atoms with E-state index < -0.39 is 64.4 Å². The molecule has 0 spiro atoms. The summed E-state index contributed by atoms with van der Waals surface area (Å²) in [7, 11) is 0. The van der Waals surface area contributed by atoms with Crippen LogP contribution in [0.1, 0.15) is 50.8 Å². The Hall–Kier alpha value is -4.26. The van der Waals surface area contributed by atoms with Gasteiger partial charge in [-0.1, -0.05) is 18.2 Å². The molecule has 0 bridgehead atoms. The third kappa shape index (κ3) is 4.96. The van der Waals surface area contributed by atoms with E-state index in [2.05, 4.69) is 22.2 Å². The molecular weight excluding hydrogens is 539 g/mol. The zero-order chi connectivity index (χ0) is 27.9. The highest BCUT2D eigenvalue weighted by molar-refractivity contribution is 6.31. The first-order valence-electron chi connectivity index (χ1n) is 10.8. The number of benzene rings is 2. The third-order valence-corrected chi connectivity index (χ3v) is 5.78. The minimum absolute atomic E-state index is 0.00434. The lowest BCUT2D eigenvalue weighted by molar-refractivity contribution is -0.137. The summed E-state index contributed by atoms with van der Waals surface area (Å²) in [6.45, 7) is 5.02. The van der Waals surface area contributed by atoms with Crippen LogP contribution < -0.4 is 10.6 Å². The van der Waals surface area contributed by atoms with Crippen molar-refractivity contribution in [2.24, 2.45) is 0 Å². The number of fused-ring (bicyclic) bond motifs is 1. The van der Waals surface area contributed by atoms with Crippen LogP contribution in [-0.4, -0.2) is 33.9 Å². The van der Waals surface area contributed by atoms with Gasteiger partial charge in [-0.25, -0.2) is 18.6 Å². The van der Waals surface area contributed by atoms with Crippen LogP contribution in [0.3, 0.4) is 0 Å². The molecule has 1 aliphatic rings. The Morgan fingerprint density at radius 3 is 2.55 bits per heavy atom. The van der Waals surface area contributed by atoms with Crippen LogP contribution in [0.2, 0.25) is 5.02 Å². The number of imidazole rings is 1. The molecule has 14 heteroatoms. The van der Waals surface area contributed by atoms with Crippen LogP contribution >= 0.6 is 11.6 Å². The molecule has 2 heterocycles. The second-order valence-electron chi connectivity index (χ2n) is 7.92. The van der Waals surface area contributed by atoms with Crippen molar-refractivity contribution in [2.75, 3.05) is 11.9 Å². The number of alkyl halides is 3. The van der Waals surface area contributed by atoms with Gasteiger partial charge in [0, 0.05) is 16.1 Å². The van der Waals surface area contributed by atoms with Gasteiger partial charge in [-0.3, -0.25) is 14.2 Å². The molecule has 0 saturated heterocycles. The van der Waals surface area contributed by atoms with Crippen molar-refractivity contribution >= 4 is 40.9 Å². The summed E-state index contributed by atoms with van der Waals surface area (Å²) < 4.78 is 73.4. The molecule has 198 valence electrons. The zero-order valence-corrected chi connectivity index (χ0v) is 20.0. The number of hydrogen-bond donors (Lipinski definition) is 2. The predicted molar refractivity (Wildman–Crippen MR) is 124 cm³/mol. The Kier molecular flexibility index (Phi) is 6.98. The largest absolute Gasteiger partial charge is 0.460 e. The summed E-state index contributed by atoms with van der Waals surface area (Å²) >= 11 is 6.23. The summed E-state index contributed by atoms with van der Waals surface area (Å²) in [6, 6.07) is 3.17. The van der Waals surface area contributed by atoms with Crippen molar-refractivity contribution in [2.45, 2.75) is 19.1 Å². The second kappa shape index (κ2) is 9.89. The first kappa shape index (κ1) is 26.8. The van der Waals surface area contributed by atoms with Gasteiger partial charge in [0.05, 0.1) is 17.9 Å². The fourth-order valence-electron chi connectivity index (χ4n) is 3.81. The Labute approximate surface area is 216 Å². The highest BCUT2D eigenvalue weighted by atomic mass is 35.5. The number of carbonyl (C=O) groups excluding carboxylic acids is 3. The van der Waals surface area contributed by atoms with Crippen molar-refractivity contribution in [1.29, 1.82) is 0 Å². The summed E-state index contributed by atoms with van der Waals surface area (Å²) in [5.41, 5.74) is -2.58. The van der Waals surface area contributed by atoms with Crippen LogP contribution in [0, 0.1) is 11.6 Å². The molecule has 0 radical (unpaired) electrons. The number of amides is 2. The number of aromatic nitrogens is 2. The van der Waals surface area contributed by atoms with Gasteiger partial charge >= 0.3 is 12.1 Å². The van der Waals surface area contributed by atoms with Crippen molar-refractivity contribution in [3.63, 3.8) is 0 Å². The van der Waals surface area contributed by atoms with Crippen LogP contribution in [0.15, 0.2) is 43.0 Å². The molecule has 1 aromatic heterocycles. The van der Waals surface area contributed by atoms with E-state index in [0.717, 1.165) is 16.7 Å². The lowest BCUT2D eigenvalue weighted by Gasteiger charge is -2.29. The number of nitrogens with one attached hydrogen (secondary N) is 2. The molecule has 1 atom stereocenters. The van der Waals surface area contributed by atoms with Gasteiger partial charge in [-0.15, -0.1) is 0 Å². The van der Waals surface area contributed by atoms with Gasteiger partial charge in [-0.05, 0) is 43.3 Å². The van der Waals surface area contributed by atoms with E-state index in [9.17, 15) is 36.3 Å². The molecule has 0 aliphatic carbocycles. The Bertz CT molecular complexity index is 1500. The maximum atomic E-state index is 14.1. The number of hydrogen-bond acceptors (Lipinski definition) is 5. The minimum Gasteiger partial charge on any atom is -0.460 e. The average molecular weight is 555 g/mol. The molecular formula is C24H16ClF5N4O4. The van der Waals surface area contributed by atoms with Crippen molar-refractivity contribution < 1.29 is 41.1 Å². The number of ether oxygens (including phenoxy) is 1. The SMILES string of the molecule is C=C1C(=O)N[C@@H](c2cc(F)ccc2Cl)c2c(NC(=O)c3cc(F)cc(C(F)(F)F)c3)nc(C(=O)OCC)n21. The quantitative estimate of drug-likeness (QED) is 0.264. The van der Waals surface area contributed by atoms with E-state index >= 15 is 0 Å². The molecule has 38 heavy (non-hydrogen) atoms. The van der Waals surface area contributed by atoms with Gasteiger partial charge in [0.2, 0.25) is 5.82 Å². The van der Waals surface area contributed by atoms with E-state index in [-0.39, 0.29) is 34.7 Å². The second-order valence-corrected chi connectivity index (χ2v) is 8.33. The molecule has 0 saturated carbocycles. The highest BCUT2D eigenvalue weighted by Gasteiger charge is 2.39. The summed E-state index contributed by atoms with van der Waals surface area (Å²) in [5.74, 6) is -6.05. The number of rotatable bonds is 5. The van der Waals surface area contributed by atoms with Crippen molar-refractivity contribution in [3.05, 3.63) is 87.8 Å². The first-order chi connectivity index (χ1) is 17.8. The van der Waals surface area contributed by atoms with Gasteiger partial charge in [0.1, 0.15) is 23.4 Å². The van der Waals surface area contributed by atoms with Gasteiger partial charge in [0.25, 0.3) is 11.8 Å². The van der Waals surface area contributed by atoms with E-state index in [0.29, 0.717) is 12.1 Å². The van der Waals surface area contributed by atoms with Crippen LogP contribution in [0.4, 0.5) is 27.8 Å². The minimum atomic E-state index is -4.94. The number of anilines is 1. The maximum absolute atomic E-state index is 14.1. The number of esters is 1. The molecule has 4 rings (SSSR count). The molecule has 2 aromatic carbocycles. The zero-order valence-electron chi connectivity index (χ0n) is 19.3.